The lowest BCUT2D eigenvalue weighted by Crippen LogP contribution is -2.43. The maximum absolute atomic E-state index is 11.8. The molecular formula is C12H10BrNO5. The number of hydrogen-bond acceptors (Lipinski definition) is 4. The van der Waals surface area contributed by atoms with Crippen molar-refractivity contribution >= 4 is 38.8 Å². The van der Waals surface area contributed by atoms with Crippen LogP contribution >= 0.6 is 15.9 Å². The van der Waals surface area contributed by atoms with Gasteiger partial charge in [-0.05, 0) is 28.1 Å². The van der Waals surface area contributed by atoms with Crippen LogP contribution in [0.15, 0.2) is 33.2 Å². The maximum Gasteiger partial charge on any atom is 0.328 e. The number of fused-ring (bicyclic) bond motifs is 1. The predicted octanol–water partition coefficient (Wildman–Crippen LogP) is 1.37. The minimum atomic E-state index is -1.36. The van der Waals surface area contributed by atoms with Crippen molar-refractivity contribution in [1.82, 2.24) is 5.32 Å². The van der Waals surface area contributed by atoms with Gasteiger partial charge in [-0.2, -0.15) is 0 Å². The van der Waals surface area contributed by atoms with Crippen LogP contribution in [0.4, 0.5) is 0 Å². The number of carbonyl (C=O) groups excluding carboxylic acids is 1. The number of carboxylic acids is 1. The number of halogens is 1. The van der Waals surface area contributed by atoms with Crippen molar-refractivity contribution in [3.8, 4) is 0 Å². The number of carboxylic acid groups (broad SMARTS) is 1. The van der Waals surface area contributed by atoms with Gasteiger partial charge in [0.2, 0.25) is 0 Å². The van der Waals surface area contributed by atoms with Gasteiger partial charge in [0.1, 0.15) is 5.58 Å². The highest BCUT2D eigenvalue weighted by molar-refractivity contribution is 9.10. The Morgan fingerprint density at radius 3 is 2.74 bits per heavy atom. The lowest BCUT2D eigenvalue weighted by molar-refractivity contribution is -0.140. The van der Waals surface area contributed by atoms with Crippen LogP contribution in [0.1, 0.15) is 10.6 Å². The molecule has 1 aromatic carbocycles. The van der Waals surface area contributed by atoms with Crippen LogP contribution in [-0.2, 0) is 4.79 Å². The molecule has 2 aromatic rings. The molecule has 1 aromatic heterocycles. The van der Waals surface area contributed by atoms with Gasteiger partial charge in [0.05, 0.1) is 11.1 Å². The van der Waals surface area contributed by atoms with E-state index in [2.05, 4.69) is 21.2 Å². The second-order valence-electron chi connectivity index (χ2n) is 3.82. The number of aliphatic carboxylic acids is 1. The number of hydrogen-bond donors (Lipinski definition) is 3. The Hall–Kier alpha value is -1.86. The molecule has 0 spiro atoms. The average Bonchev–Trinajstić information content (AvgIpc) is 2.80. The summed E-state index contributed by atoms with van der Waals surface area (Å²) in [5.41, 5.74) is 0.503. The van der Waals surface area contributed by atoms with Gasteiger partial charge in [-0.15, -0.1) is 0 Å². The van der Waals surface area contributed by atoms with Crippen molar-refractivity contribution in [1.29, 1.82) is 0 Å². The normalized spacial score (nSPS) is 12.3. The van der Waals surface area contributed by atoms with Crippen molar-refractivity contribution in [3.63, 3.8) is 0 Å². The third-order valence-electron chi connectivity index (χ3n) is 2.51. The van der Waals surface area contributed by atoms with Gasteiger partial charge in [-0.1, -0.05) is 12.1 Å². The summed E-state index contributed by atoms with van der Waals surface area (Å²) < 4.78 is 6.05. The monoisotopic (exact) mass is 327 g/mol. The molecule has 1 heterocycles. The first-order chi connectivity index (χ1) is 9.02. The van der Waals surface area contributed by atoms with E-state index in [0.29, 0.717) is 10.1 Å². The van der Waals surface area contributed by atoms with E-state index in [1.807, 2.05) is 0 Å². The fourth-order valence-corrected chi connectivity index (χ4v) is 2.02. The topological polar surface area (TPSA) is 99.8 Å². The zero-order valence-corrected chi connectivity index (χ0v) is 11.2. The van der Waals surface area contributed by atoms with Gasteiger partial charge >= 0.3 is 5.97 Å². The third kappa shape index (κ3) is 2.77. The van der Waals surface area contributed by atoms with Gasteiger partial charge < -0.3 is 19.9 Å². The Bertz CT molecular complexity index is 636. The fraction of sp³-hybridized carbons (Fsp3) is 0.167. The van der Waals surface area contributed by atoms with E-state index in [1.54, 1.807) is 18.2 Å². The van der Waals surface area contributed by atoms with Crippen molar-refractivity contribution in [2.75, 3.05) is 6.61 Å². The van der Waals surface area contributed by atoms with Crippen LogP contribution in [0.2, 0.25) is 0 Å². The number of carbonyl (C=O) groups is 2. The molecule has 0 aliphatic rings. The lowest BCUT2D eigenvalue weighted by atomic mass is 10.2. The number of aliphatic hydroxyl groups excluding tert-OH is 1. The Morgan fingerprint density at radius 2 is 2.16 bits per heavy atom. The smallest absolute Gasteiger partial charge is 0.328 e. The fourth-order valence-electron chi connectivity index (χ4n) is 1.55. The van der Waals surface area contributed by atoms with E-state index in [4.69, 9.17) is 14.6 Å². The standard InChI is InChI=1S/C12H10BrNO5/c13-7-3-1-2-6-4-9(19-10(6)7)11(16)14-8(5-15)12(17)18/h1-4,8,15H,5H2,(H,14,16)(H,17,18). The van der Waals surface area contributed by atoms with E-state index >= 15 is 0 Å². The summed E-state index contributed by atoms with van der Waals surface area (Å²) in [6, 6.07) is 5.47. The number of nitrogens with one attached hydrogen (secondary N) is 1. The van der Waals surface area contributed by atoms with Crippen LogP contribution in [0.5, 0.6) is 0 Å². The molecular weight excluding hydrogens is 318 g/mol. The van der Waals surface area contributed by atoms with E-state index in [1.165, 1.54) is 6.07 Å². The number of amides is 1. The highest BCUT2D eigenvalue weighted by Gasteiger charge is 2.22. The largest absolute Gasteiger partial charge is 0.480 e. The molecule has 1 atom stereocenters. The molecule has 2 rings (SSSR count). The second-order valence-corrected chi connectivity index (χ2v) is 4.67. The summed E-state index contributed by atoms with van der Waals surface area (Å²) in [7, 11) is 0. The lowest BCUT2D eigenvalue weighted by Gasteiger charge is -2.09. The molecule has 0 aliphatic carbocycles. The van der Waals surface area contributed by atoms with E-state index in [9.17, 15) is 9.59 Å². The molecule has 0 radical (unpaired) electrons. The van der Waals surface area contributed by atoms with Gasteiger partial charge in [0.25, 0.3) is 5.91 Å². The molecule has 0 saturated heterocycles. The van der Waals surface area contributed by atoms with Crippen molar-refractivity contribution in [2.24, 2.45) is 0 Å². The summed E-state index contributed by atoms with van der Waals surface area (Å²) in [6.07, 6.45) is 0. The molecule has 1 unspecified atom stereocenters. The van der Waals surface area contributed by atoms with E-state index in [-0.39, 0.29) is 5.76 Å². The number of aliphatic hydroxyl groups is 1. The maximum atomic E-state index is 11.8. The SMILES string of the molecule is O=C(NC(CO)C(=O)O)c1cc2cccc(Br)c2o1. The molecule has 100 valence electrons. The average molecular weight is 328 g/mol. The second kappa shape index (κ2) is 5.41. The number of rotatable bonds is 4. The summed E-state index contributed by atoms with van der Waals surface area (Å²) in [5.74, 6) is -2.01. The van der Waals surface area contributed by atoms with Gasteiger partial charge in [0, 0.05) is 5.39 Å². The Labute approximate surface area is 116 Å². The van der Waals surface area contributed by atoms with Gasteiger partial charge in [-0.3, -0.25) is 4.79 Å². The van der Waals surface area contributed by atoms with Gasteiger partial charge in [-0.25, -0.2) is 4.79 Å². The molecule has 3 N–H and O–H groups in total. The molecule has 0 aliphatic heterocycles. The molecule has 0 bridgehead atoms. The van der Waals surface area contributed by atoms with Gasteiger partial charge in [0.15, 0.2) is 11.8 Å². The first-order valence-electron chi connectivity index (χ1n) is 5.35. The predicted molar refractivity (Wildman–Crippen MR) is 69.9 cm³/mol. The van der Waals surface area contributed by atoms with Crippen LogP contribution in [0, 0.1) is 0 Å². The first-order valence-corrected chi connectivity index (χ1v) is 6.15. The molecule has 0 fully saturated rings. The zero-order valence-electron chi connectivity index (χ0n) is 9.59. The number of para-hydroxylation sites is 1. The van der Waals surface area contributed by atoms with E-state index in [0.717, 1.165) is 5.39 Å². The number of furan rings is 1. The summed E-state index contributed by atoms with van der Waals surface area (Å²) in [6.45, 7) is -0.689. The highest BCUT2D eigenvalue weighted by Crippen LogP contribution is 2.26. The Balaban J connectivity index is 2.27. The zero-order chi connectivity index (χ0) is 14.0. The van der Waals surface area contributed by atoms with Crippen molar-refractivity contribution < 1.29 is 24.2 Å². The Kier molecular flexibility index (Phi) is 3.87. The Morgan fingerprint density at radius 1 is 1.42 bits per heavy atom. The van der Waals surface area contributed by atoms with Crippen LogP contribution < -0.4 is 5.32 Å². The molecule has 1 amide bonds. The minimum absolute atomic E-state index is 0.0124. The molecule has 6 nitrogen and oxygen atoms in total. The summed E-state index contributed by atoms with van der Waals surface area (Å²) in [5, 5.41) is 20.5. The van der Waals surface area contributed by atoms with Crippen LogP contribution in [0.3, 0.4) is 0 Å². The van der Waals surface area contributed by atoms with Crippen LogP contribution in [-0.4, -0.2) is 34.7 Å². The molecule has 7 heteroatoms. The van der Waals surface area contributed by atoms with Crippen molar-refractivity contribution in [2.45, 2.75) is 6.04 Å². The van der Waals surface area contributed by atoms with Crippen molar-refractivity contribution in [3.05, 3.63) is 34.5 Å². The quantitative estimate of drug-likeness (QED) is 0.787. The van der Waals surface area contributed by atoms with Crippen LogP contribution in [0.25, 0.3) is 11.0 Å². The highest BCUT2D eigenvalue weighted by atomic mass is 79.9. The van der Waals surface area contributed by atoms with E-state index < -0.39 is 24.5 Å². The summed E-state index contributed by atoms with van der Waals surface area (Å²) in [4.78, 5) is 22.5. The first kappa shape index (κ1) is 13.6. The summed E-state index contributed by atoms with van der Waals surface area (Å²) >= 11 is 3.29. The molecule has 0 saturated carbocycles. The minimum Gasteiger partial charge on any atom is -0.480 e. The number of benzene rings is 1. The third-order valence-corrected chi connectivity index (χ3v) is 3.13. The molecule has 19 heavy (non-hydrogen) atoms.